The van der Waals surface area contributed by atoms with Gasteiger partial charge in [-0.2, -0.15) is 0 Å². The second-order valence-corrected chi connectivity index (χ2v) is 18.8. The van der Waals surface area contributed by atoms with Gasteiger partial charge in [0, 0.05) is 85.6 Å². The van der Waals surface area contributed by atoms with E-state index in [1.54, 1.807) is 45.3 Å². The molecule has 4 aromatic carbocycles. The lowest BCUT2D eigenvalue weighted by molar-refractivity contribution is 1.41. The van der Waals surface area contributed by atoms with Crippen LogP contribution in [0.4, 0.5) is 0 Å². The number of nitrogens with zero attached hydrogens (tertiary/aromatic N) is 2. The fourth-order valence-electron chi connectivity index (χ4n) is 9.28. The van der Waals surface area contributed by atoms with Crippen LogP contribution in [0.3, 0.4) is 0 Å². The summed E-state index contributed by atoms with van der Waals surface area (Å²) < 4.78 is 0. The van der Waals surface area contributed by atoms with Gasteiger partial charge in [-0.25, -0.2) is 9.97 Å². The smallest absolute Gasteiger partial charge is 0.0824 e. The third kappa shape index (κ3) is 4.99. The molecule has 4 nitrogen and oxygen atoms in total. The second-order valence-electron chi connectivity index (χ2n) is 15.0. The third-order valence-electron chi connectivity index (χ3n) is 11.8. The van der Waals surface area contributed by atoms with Crippen molar-refractivity contribution in [2.24, 2.45) is 0 Å². The van der Waals surface area contributed by atoms with Crippen molar-refractivity contribution >= 4 is 89.0 Å². The quantitative estimate of drug-likeness (QED) is 0.185. The molecule has 8 heterocycles. The molecule has 0 saturated heterocycles. The zero-order chi connectivity index (χ0) is 39.3. The third-order valence-corrected chi connectivity index (χ3v) is 15.3. The van der Waals surface area contributed by atoms with Crippen molar-refractivity contribution in [3.8, 4) is 86.8 Å². The Labute approximate surface area is 360 Å². The highest BCUT2D eigenvalue weighted by Crippen LogP contribution is 2.52. The SMILES string of the molecule is c1csc(-c2c3nc(c(-c4cccs4)c4[nH]c(c(-c5cccs5)c5nc(c(-c6cccs6)c6[nH]c2c2ccccc62)-c2ccccc2-5)c2ccccc42)-c2ccccc2-3)c1. The van der Waals surface area contributed by atoms with Gasteiger partial charge in [0.05, 0.1) is 44.8 Å². The van der Waals surface area contributed by atoms with Gasteiger partial charge in [-0.15, -0.1) is 45.3 Å². The molecule has 10 aromatic rings. The fraction of sp³-hybridized carbons (Fsp3) is 0. The first-order valence-corrected chi connectivity index (χ1v) is 23.3. The summed E-state index contributed by atoms with van der Waals surface area (Å²) in [5, 5.41) is 13.3. The molecule has 0 radical (unpaired) electrons. The maximum atomic E-state index is 5.85. The Hall–Kier alpha value is -6.68. The number of thiophene rings is 4. The van der Waals surface area contributed by atoms with Crippen LogP contribution >= 0.6 is 45.3 Å². The molecule has 0 amide bonds. The molecule has 0 saturated carbocycles. The number of H-pyrrole nitrogens is 2. The maximum absolute atomic E-state index is 5.85. The molecule has 2 aliphatic heterocycles. The van der Waals surface area contributed by atoms with Crippen LogP contribution in [0.15, 0.2) is 167 Å². The number of rotatable bonds is 4. The van der Waals surface area contributed by atoms with Gasteiger partial charge in [0.15, 0.2) is 0 Å². The van der Waals surface area contributed by atoms with Crippen LogP contribution in [0.25, 0.3) is 130 Å². The molecule has 2 N–H and O–H groups in total. The molecule has 1 aliphatic carbocycles. The highest BCUT2D eigenvalue weighted by Gasteiger charge is 2.30. The first kappa shape index (κ1) is 34.2. The van der Waals surface area contributed by atoms with E-state index in [-0.39, 0.29) is 0 Å². The van der Waals surface area contributed by atoms with Crippen LogP contribution in [0, 0.1) is 0 Å². The highest BCUT2D eigenvalue weighted by molar-refractivity contribution is 7.14. The summed E-state index contributed by atoms with van der Waals surface area (Å²) in [5.41, 5.74) is 16.8. The summed E-state index contributed by atoms with van der Waals surface area (Å²) in [6.07, 6.45) is 0. The Kier molecular flexibility index (Phi) is 7.65. The molecule has 13 rings (SSSR count). The molecule has 8 heteroatoms. The summed E-state index contributed by atoms with van der Waals surface area (Å²) in [6.45, 7) is 0. The standard InChI is InChI=1S/C52H30N4S4/c1-2-14-30-29(13-1)45-41(37-21-9-25-57-37)47-31-15-3-4-16-32(31)49(54-47)43(39-23-11-27-59-39)51-35-19-7-8-20-36(35)52(56-51)44(40-24-12-28-60-40)50-34-18-6-5-17-33(34)48(55-50)42(46(30)53-45)38-22-10-26-58-38/h1-28,53,56H. The van der Waals surface area contributed by atoms with Crippen LogP contribution in [-0.4, -0.2) is 19.9 Å². The lowest BCUT2D eigenvalue weighted by Crippen LogP contribution is -1.85. The molecular formula is C52H30N4S4. The zero-order valence-corrected chi connectivity index (χ0v) is 35.0. The van der Waals surface area contributed by atoms with E-state index in [4.69, 9.17) is 9.97 Å². The average molecular weight is 839 g/mol. The Bertz CT molecular complexity index is 3170. The second kappa shape index (κ2) is 13.4. The number of nitrogens with one attached hydrogen (secondary N) is 2. The predicted octanol–water partition coefficient (Wildman–Crippen LogP) is 16.2. The van der Waals surface area contributed by atoms with Crippen molar-refractivity contribution in [3.63, 3.8) is 0 Å². The molecule has 3 aliphatic rings. The largest absolute Gasteiger partial charge is 0.353 e. The van der Waals surface area contributed by atoms with Crippen molar-refractivity contribution in [3.05, 3.63) is 167 Å². The van der Waals surface area contributed by atoms with E-state index < -0.39 is 0 Å². The number of hydrogen-bond acceptors (Lipinski definition) is 6. The van der Waals surface area contributed by atoms with Gasteiger partial charge in [0.2, 0.25) is 0 Å². The first-order chi connectivity index (χ1) is 29.8. The van der Waals surface area contributed by atoms with Crippen LogP contribution < -0.4 is 0 Å². The van der Waals surface area contributed by atoms with Gasteiger partial charge in [-0.1, -0.05) is 121 Å². The highest BCUT2D eigenvalue weighted by atomic mass is 32.1. The first-order valence-electron chi connectivity index (χ1n) is 19.8. The molecule has 60 heavy (non-hydrogen) atoms. The van der Waals surface area contributed by atoms with Gasteiger partial charge >= 0.3 is 0 Å². The molecule has 0 fully saturated rings. The van der Waals surface area contributed by atoms with Crippen LogP contribution in [0.1, 0.15) is 0 Å². The summed E-state index contributed by atoms with van der Waals surface area (Å²) in [6, 6.07) is 52.7. The zero-order valence-electron chi connectivity index (χ0n) is 31.7. The molecule has 6 aromatic heterocycles. The Morgan fingerprint density at radius 3 is 0.767 bits per heavy atom. The van der Waals surface area contributed by atoms with E-state index in [0.29, 0.717) is 0 Å². The van der Waals surface area contributed by atoms with Crippen molar-refractivity contribution in [2.45, 2.75) is 0 Å². The van der Waals surface area contributed by atoms with Gasteiger partial charge in [0.25, 0.3) is 0 Å². The molecule has 8 bridgehead atoms. The van der Waals surface area contributed by atoms with Gasteiger partial charge in [0.1, 0.15) is 0 Å². The Morgan fingerprint density at radius 1 is 0.283 bits per heavy atom. The van der Waals surface area contributed by atoms with Crippen molar-refractivity contribution in [1.29, 1.82) is 0 Å². The predicted molar refractivity (Wildman–Crippen MR) is 258 cm³/mol. The molecular weight excluding hydrogens is 809 g/mol. The maximum Gasteiger partial charge on any atom is 0.0824 e. The minimum Gasteiger partial charge on any atom is -0.353 e. The van der Waals surface area contributed by atoms with Gasteiger partial charge < -0.3 is 9.97 Å². The van der Waals surface area contributed by atoms with Crippen LogP contribution in [0.2, 0.25) is 0 Å². The van der Waals surface area contributed by atoms with Gasteiger partial charge in [-0.3, -0.25) is 0 Å². The number of aromatic nitrogens is 4. The summed E-state index contributed by atoms with van der Waals surface area (Å²) in [4.78, 5) is 24.6. The fourth-order valence-corrected chi connectivity index (χ4v) is 12.4. The van der Waals surface area contributed by atoms with E-state index in [0.717, 1.165) is 130 Å². The lowest BCUT2D eigenvalue weighted by Gasteiger charge is -2.06. The topological polar surface area (TPSA) is 57.4 Å². The molecule has 0 atom stereocenters. The van der Waals surface area contributed by atoms with Crippen molar-refractivity contribution in [1.82, 2.24) is 19.9 Å². The molecule has 0 spiro atoms. The molecule has 0 unspecified atom stereocenters. The van der Waals surface area contributed by atoms with E-state index in [2.05, 4.69) is 177 Å². The van der Waals surface area contributed by atoms with Crippen LogP contribution in [-0.2, 0) is 0 Å². The lowest BCUT2D eigenvalue weighted by atomic mass is 9.97. The number of benzene rings is 4. The van der Waals surface area contributed by atoms with E-state index >= 15 is 0 Å². The van der Waals surface area contributed by atoms with Crippen molar-refractivity contribution in [2.75, 3.05) is 0 Å². The minimum absolute atomic E-state index is 0.960. The Morgan fingerprint density at radius 2 is 0.533 bits per heavy atom. The Balaban J connectivity index is 1.39. The average Bonchev–Trinajstić information content (AvgIpc) is 4.15. The summed E-state index contributed by atoms with van der Waals surface area (Å²) in [5.74, 6) is 0. The van der Waals surface area contributed by atoms with E-state index in [1.807, 2.05) is 0 Å². The van der Waals surface area contributed by atoms with E-state index in [9.17, 15) is 0 Å². The van der Waals surface area contributed by atoms with Crippen LogP contribution in [0.5, 0.6) is 0 Å². The monoisotopic (exact) mass is 838 g/mol. The van der Waals surface area contributed by atoms with Gasteiger partial charge in [-0.05, 0) is 45.8 Å². The van der Waals surface area contributed by atoms with E-state index in [1.165, 1.54) is 0 Å². The minimum atomic E-state index is 0.960. The van der Waals surface area contributed by atoms with Crippen molar-refractivity contribution < 1.29 is 0 Å². The summed E-state index contributed by atoms with van der Waals surface area (Å²) in [7, 11) is 0. The normalized spacial score (nSPS) is 12.0. The summed E-state index contributed by atoms with van der Waals surface area (Å²) >= 11 is 7.00. The number of hydrogen-bond donors (Lipinski definition) is 2. The molecule has 282 valence electrons. The number of aromatic amines is 2.